The maximum atomic E-state index is 11.0. The van der Waals surface area contributed by atoms with E-state index in [0.717, 1.165) is 0 Å². The van der Waals surface area contributed by atoms with Gasteiger partial charge in [-0.15, -0.1) is 0 Å². The van der Waals surface area contributed by atoms with Crippen LogP contribution in [0, 0.1) is 0 Å². The van der Waals surface area contributed by atoms with E-state index in [-0.39, 0.29) is 0 Å². The third-order valence-corrected chi connectivity index (χ3v) is 1.71. The van der Waals surface area contributed by atoms with E-state index in [4.69, 9.17) is 4.74 Å². The Kier molecular flexibility index (Phi) is 3.46. The lowest BCUT2D eigenvalue weighted by molar-refractivity contribution is -0.161. The fraction of sp³-hybridized carbons (Fsp3) is 0.667. The predicted molar refractivity (Wildman–Crippen MR) is 46.7 cm³/mol. The Hall–Kier alpha value is -0.830. The van der Waals surface area contributed by atoms with Gasteiger partial charge in [-0.1, -0.05) is 6.58 Å². The van der Waals surface area contributed by atoms with E-state index in [9.17, 15) is 9.90 Å². The van der Waals surface area contributed by atoms with Gasteiger partial charge in [0.25, 0.3) is 0 Å². The maximum absolute atomic E-state index is 11.0. The average Bonchev–Trinajstić information content (AvgIpc) is 1.85. The van der Waals surface area contributed by atoms with Crippen LogP contribution >= 0.6 is 0 Å². The summed E-state index contributed by atoms with van der Waals surface area (Å²) < 4.78 is 4.97. The van der Waals surface area contributed by atoms with E-state index >= 15 is 0 Å². The Morgan fingerprint density at radius 3 is 2.25 bits per heavy atom. The van der Waals surface area contributed by atoms with Crippen LogP contribution in [0.2, 0.25) is 0 Å². The summed E-state index contributed by atoms with van der Waals surface area (Å²) >= 11 is 0. The highest BCUT2D eigenvalue weighted by Gasteiger charge is 2.28. The highest BCUT2D eigenvalue weighted by Crippen LogP contribution is 2.15. The molecule has 0 heterocycles. The molecule has 1 atom stereocenters. The number of rotatable bonds is 3. The highest BCUT2D eigenvalue weighted by molar-refractivity contribution is 5.87. The van der Waals surface area contributed by atoms with Crippen LogP contribution in [-0.2, 0) is 9.53 Å². The van der Waals surface area contributed by atoms with Crippen molar-refractivity contribution in [2.45, 2.75) is 39.4 Å². The first-order valence-electron chi connectivity index (χ1n) is 3.84. The first kappa shape index (κ1) is 11.2. The summed E-state index contributed by atoms with van der Waals surface area (Å²) in [4.78, 5) is 11.0. The summed E-state index contributed by atoms with van der Waals surface area (Å²) in [5.74, 6) is -0.471. The molecule has 0 fully saturated rings. The molecule has 12 heavy (non-hydrogen) atoms. The SMILES string of the molecule is C=C(C)C(=O)OC(C)(C)C(C)O. The van der Waals surface area contributed by atoms with Crippen molar-refractivity contribution in [3.63, 3.8) is 0 Å². The van der Waals surface area contributed by atoms with Gasteiger partial charge in [0.2, 0.25) is 0 Å². The van der Waals surface area contributed by atoms with Crippen molar-refractivity contribution in [3.8, 4) is 0 Å². The monoisotopic (exact) mass is 172 g/mol. The second kappa shape index (κ2) is 3.72. The predicted octanol–water partition coefficient (Wildman–Crippen LogP) is 1.27. The minimum atomic E-state index is -0.851. The van der Waals surface area contributed by atoms with Gasteiger partial charge >= 0.3 is 5.97 Å². The Balaban J connectivity index is 4.25. The number of aliphatic hydroxyl groups excluding tert-OH is 1. The highest BCUT2D eigenvalue weighted by atomic mass is 16.6. The van der Waals surface area contributed by atoms with Crippen LogP contribution in [0.4, 0.5) is 0 Å². The molecule has 0 rings (SSSR count). The third kappa shape index (κ3) is 3.05. The van der Waals surface area contributed by atoms with E-state index in [1.165, 1.54) is 0 Å². The maximum Gasteiger partial charge on any atom is 0.333 e. The summed E-state index contributed by atoms with van der Waals surface area (Å²) in [6.45, 7) is 9.89. The zero-order valence-electron chi connectivity index (χ0n) is 8.05. The second-order valence-corrected chi connectivity index (χ2v) is 3.45. The van der Waals surface area contributed by atoms with Crippen molar-refractivity contribution >= 4 is 5.97 Å². The van der Waals surface area contributed by atoms with Crippen LogP contribution in [0.15, 0.2) is 12.2 Å². The smallest absolute Gasteiger partial charge is 0.333 e. The standard InChI is InChI=1S/C9H16O3/c1-6(2)8(11)12-9(4,5)7(3)10/h7,10H,1H2,2-5H3. The van der Waals surface area contributed by atoms with Crippen molar-refractivity contribution in [1.29, 1.82) is 0 Å². The molecule has 0 saturated heterocycles. The van der Waals surface area contributed by atoms with Gasteiger partial charge in [0.05, 0.1) is 6.10 Å². The quantitative estimate of drug-likeness (QED) is 0.515. The Labute approximate surface area is 73.0 Å². The summed E-state index contributed by atoms with van der Waals surface area (Å²) in [6, 6.07) is 0. The molecular weight excluding hydrogens is 156 g/mol. The molecule has 0 aromatic rings. The van der Waals surface area contributed by atoms with Gasteiger partial charge in [0, 0.05) is 5.57 Å². The van der Waals surface area contributed by atoms with Crippen LogP contribution in [0.5, 0.6) is 0 Å². The lowest BCUT2D eigenvalue weighted by Crippen LogP contribution is -2.39. The average molecular weight is 172 g/mol. The molecule has 3 heteroatoms. The molecule has 1 unspecified atom stereocenters. The molecule has 0 aliphatic rings. The van der Waals surface area contributed by atoms with E-state index in [1.54, 1.807) is 27.7 Å². The zero-order valence-corrected chi connectivity index (χ0v) is 8.05. The van der Waals surface area contributed by atoms with Crippen molar-refractivity contribution in [1.82, 2.24) is 0 Å². The van der Waals surface area contributed by atoms with Crippen molar-refractivity contribution < 1.29 is 14.6 Å². The number of carbonyl (C=O) groups is 1. The molecule has 0 spiro atoms. The molecule has 0 aromatic heterocycles. The molecule has 0 amide bonds. The summed E-state index contributed by atoms with van der Waals surface area (Å²) in [5.41, 5.74) is -0.514. The molecular formula is C9H16O3. The first-order chi connectivity index (χ1) is 5.27. The van der Waals surface area contributed by atoms with Gasteiger partial charge in [-0.25, -0.2) is 4.79 Å². The van der Waals surface area contributed by atoms with Crippen molar-refractivity contribution in [2.75, 3.05) is 0 Å². The van der Waals surface area contributed by atoms with Crippen molar-refractivity contribution in [3.05, 3.63) is 12.2 Å². The summed E-state index contributed by atoms with van der Waals surface area (Å²) in [7, 11) is 0. The Morgan fingerprint density at radius 1 is 1.58 bits per heavy atom. The first-order valence-corrected chi connectivity index (χ1v) is 3.84. The number of ether oxygens (including phenoxy) is 1. The molecule has 0 bridgehead atoms. The van der Waals surface area contributed by atoms with E-state index in [1.807, 2.05) is 0 Å². The lowest BCUT2D eigenvalue weighted by Gasteiger charge is -2.27. The minimum Gasteiger partial charge on any atom is -0.454 e. The van der Waals surface area contributed by atoms with Crippen LogP contribution in [0.3, 0.4) is 0 Å². The van der Waals surface area contributed by atoms with Gasteiger partial charge in [-0.2, -0.15) is 0 Å². The van der Waals surface area contributed by atoms with Gasteiger partial charge in [-0.05, 0) is 27.7 Å². The molecule has 0 saturated carbocycles. The van der Waals surface area contributed by atoms with Gasteiger partial charge < -0.3 is 9.84 Å². The fourth-order valence-corrected chi connectivity index (χ4v) is 0.411. The number of aliphatic hydroxyl groups is 1. The Bertz CT molecular complexity index is 192. The van der Waals surface area contributed by atoms with Gasteiger partial charge in [0.1, 0.15) is 5.60 Å². The van der Waals surface area contributed by atoms with E-state index in [0.29, 0.717) is 5.57 Å². The van der Waals surface area contributed by atoms with Crippen molar-refractivity contribution in [2.24, 2.45) is 0 Å². The second-order valence-electron chi connectivity index (χ2n) is 3.45. The minimum absolute atomic E-state index is 0.337. The van der Waals surface area contributed by atoms with Crippen LogP contribution in [0.25, 0.3) is 0 Å². The zero-order chi connectivity index (χ0) is 9.94. The number of hydrogen-bond donors (Lipinski definition) is 1. The lowest BCUT2D eigenvalue weighted by atomic mass is 10.0. The number of hydrogen-bond acceptors (Lipinski definition) is 3. The molecule has 70 valence electrons. The molecule has 0 radical (unpaired) electrons. The molecule has 0 aromatic carbocycles. The topological polar surface area (TPSA) is 46.5 Å². The Morgan fingerprint density at radius 2 is 2.00 bits per heavy atom. The number of esters is 1. The fourth-order valence-electron chi connectivity index (χ4n) is 0.411. The molecule has 0 aliphatic carbocycles. The molecule has 1 N–H and O–H groups in total. The van der Waals surface area contributed by atoms with E-state index in [2.05, 4.69) is 6.58 Å². The van der Waals surface area contributed by atoms with E-state index < -0.39 is 17.7 Å². The molecule has 3 nitrogen and oxygen atoms in total. The van der Waals surface area contributed by atoms with Crippen LogP contribution in [-0.4, -0.2) is 22.8 Å². The third-order valence-electron chi connectivity index (χ3n) is 1.71. The van der Waals surface area contributed by atoms with Crippen LogP contribution in [0.1, 0.15) is 27.7 Å². The molecule has 0 aliphatic heterocycles. The summed E-state index contributed by atoms with van der Waals surface area (Å²) in [5, 5.41) is 9.20. The van der Waals surface area contributed by atoms with Gasteiger partial charge in [-0.3, -0.25) is 0 Å². The number of carbonyl (C=O) groups excluding carboxylic acids is 1. The van der Waals surface area contributed by atoms with Gasteiger partial charge in [0.15, 0.2) is 0 Å². The van der Waals surface area contributed by atoms with Crippen LogP contribution < -0.4 is 0 Å². The normalized spacial score (nSPS) is 13.8. The summed E-state index contributed by atoms with van der Waals surface area (Å²) in [6.07, 6.45) is -0.694. The largest absolute Gasteiger partial charge is 0.454 e.